The molecule has 0 fully saturated rings. The lowest BCUT2D eigenvalue weighted by Gasteiger charge is -2.13. The molecular weight excluding hydrogens is 324 g/mol. The summed E-state index contributed by atoms with van der Waals surface area (Å²) in [4.78, 5) is 23.4. The van der Waals surface area contributed by atoms with Gasteiger partial charge in [0.1, 0.15) is 0 Å². The van der Waals surface area contributed by atoms with E-state index < -0.39 is 11.8 Å². The molecule has 0 bridgehead atoms. The second-order valence-corrected chi connectivity index (χ2v) is 5.51. The van der Waals surface area contributed by atoms with Crippen LogP contribution in [0.5, 0.6) is 0 Å². The molecule has 0 saturated heterocycles. The van der Waals surface area contributed by atoms with E-state index in [1.165, 1.54) is 0 Å². The Labute approximate surface area is 126 Å². The lowest BCUT2D eigenvalue weighted by molar-refractivity contribution is -0.136. The number of carbonyl (C=O) groups is 2. The van der Waals surface area contributed by atoms with Crippen molar-refractivity contribution in [2.24, 2.45) is 0 Å². The standard InChI is InChI=1S/C14H19BrN2O3/c1-9-8-11(5-6-12(9)15)17-14(20)13(19)16-10(2)4-3-7-18/h5-6,8,10,18H,3-4,7H2,1-2H3,(H,16,19)(H,17,20). The van der Waals surface area contributed by atoms with E-state index in [9.17, 15) is 9.59 Å². The van der Waals surface area contributed by atoms with Gasteiger partial charge in [-0.3, -0.25) is 9.59 Å². The fourth-order valence-electron chi connectivity index (χ4n) is 1.67. The molecule has 0 heterocycles. The first-order valence-electron chi connectivity index (χ1n) is 6.43. The molecule has 1 aromatic carbocycles. The summed E-state index contributed by atoms with van der Waals surface area (Å²) in [5, 5.41) is 13.8. The summed E-state index contributed by atoms with van der Waals surface area (Å²) >= 11 is 3.37. The molecule has 0 radical (unpaired) electrons. The molecule has 5 nitrogen and oxygen atoms in total. The van der Waals surface area contributed by atoms with Crippen LogP contribution in [0.1, 0.15) is 25.3 Å². The van der Waals surface area contributed by atoms with E-state index in [2.05, 4.69) is 26.6 Å². The Morgan fingerprint density at radius 1 is 1.35 bits per heavy atom. The van der Waals surface area contributed by atoms with Crippen LogP contribution in [0.15, 0.2) is 22.7 Å². The lowest BCUT2D eigenvalue weighted by atomic mass is 10.2. The van der Waals surface area contributed by atoms with Gasteiger partial charge in [0.25, 0.3) is 0 Å². The molecule has 1 rings (SSSR count). The number of benzene rings is 1. The quantitative estimate of drug-likeness (QED) is 0.716. The minimum absolute atomic E-state index is 0.0740. The second-order valence-electron chi connectivity index (χ2n) is 4.66. The number of aliphatic hydroxyl groups excluding tert-OH is 1. The van der Waals surface area contributed by atoms with Gasteiger partial charge in [0, 0.05) is 22.8 Å². The molecule has 3 N–H and O–H groups in total. The summed E-state index contributed by atoms with van der Waals surface area (Å²) in [5.41, 5.74) is 1.55. The summed E-state index contributed by atoms with van der Waals surface area (Å²) in [6, 6.07) is 5.17. The van der Waals surface area contributed by atoms with Crippen molar-refractivity contribution < 1.29 is 14.7 Å². The van der Waals surface area contributed by atoms with Gasteiger partial charge in [-0.05, 0) is 50.5 Å². The van der Waals surface area contributed by atoms with E-state index in [1.807, 2.05) is 13.0 Å². The molecule has 6 heteroatoms. The van der Waals surface area contributed by atoms with Crippen molar-refractivity contribution in [1.82, 2.24) is 5.32 Å². The van der Waals surface area contributed by atoms with Crippen LogP contribution in [0, 0.1) is 6.92 Å². The Hall–Kier alpha value is -1.40. The van der Waals surface area contributed by atoms with Crippen molar-refractivity contribution in [2.75, 3.05) is 11.9 Å². The van der Waals surface area contributed by atoms with Gasteiger partial charge in [0.2, 0.25) is 0 Å². The maximum Gasteiger partial charge on any atom is 0.313 e. The summed E-state index contributed by atoms with van der Waals surface area (Å²) in [7, 11) is 0. The summed E-state index contributed by atoms with van der Waals surface area (Å²) in [6.45, 7) is 3.77. The van der Waals surface area contributed by atoms with E-state index in [0.717, 1.165) is 10.0 Å². The molecule has 0 aliphatic heterocycles. The third-order valence-corrected chi connectivity index (χ3v) is 3.68. The van der Waals surface area contributed by atoms with Crippen LogP contribution in [0.2, 0.25) is 0 Å². The molecular formula is C14H19BrN2O3. The van der Waals surface area contributed by atoms with Crippen LogP contribution in [0.3, 0.4) is 0 Å². The van der Waals surface area contributed by atoms with Crippen LogP contribution in [-0.2, 0) is 9.59 Å². The highest BCUT2D eigenvalue weighted by molar-refractivity contribution is 9.10. The number of aliphatic hydroxyl groups is 1. The van der Waals surface area contributed by atoms with Crippen molar-refractivity contribution in [3.05, 3.63) is 28.2 Å². The van der Waals surface area contributed by atoms with E-state index >= 15 is 0 Å². The third-order valence-electron chi connectivity index (χ3n) is 2.79. The number of carbonyl (C=O) groups excluding carboxylic acids is 2. The fourth-order valence-corrected chi connectivity index (χ4v) is 1.92. The second kappa shape index (κ2) is 8.01. The number of hydrogen-bond donors (Lipinski definition) is 3. The van der Waals surface area contributed by atoms with Crippen molar-refractivity contribution >= 4 is 33.4 Å². The monoisotopic (exact) mass is 342 g/mol. The van der Waals surface area contributed by atoms with E-state index in [-0.39, 0.29) is 12.6 Å². The van der Waals surface area contributed by atoms with E-state index in [0.29, 0.717) is 18.5 Å². The van der Waals surface area contributed by atoms with Gasteiger partial charge >= 0.3 is 11.8 Å². The van der Waals surface area contributed by atoms with Gasteiger partial charge in [0.05, 0.1) is 0 Å². The number of aryl methyl sites for hydroxylation is 1. The number of anilines is 1. The van der Waals surface area contributed by atoms with E-state index in [1.54, 1.807) is 19.1 Å². The summed E-state index contributed by atoms with van der Waals surface area (Å²) in [5.74, 6) is -1.36. The molecule has 1 unspecified atom stereocenters. The maximum absolute atomic E-state index is 11.7. The van der Waals surface area contributed by atoms with Gasteiger partial charge in [-0.2, -0.15) is 0 Å². The molecule has 1 atom stereocenters. The number of nitrogens with one attached hydrogen (secondary N) is 2. The van der Waals surface area contributed by atoms with Gasteiger partial charge in [-0.15, -0.1) is 0 Å². The largest absolute Gasteiger partial charge is 0.396 e. The molecule has 0 aliphatic rings. The number of hydrogen-bond acceptors (Lipinski definition) is 3. The van der Waals surface area contributed by atoms with Gasteiger partial charge in [-0.25, -0.2) is 0 Å². The van der Waals surface area contributed by atoms with Crippen LogP contribution in [0.25, 0.3) is 0 Å². The number of halogens is 1. The molecule has 2 amide bonds. The Kier molecular flexibility index (Phi) is 6.67. The topological polar surface area (TPSA) is 78.4 Å². The molecule has 0 spiro atoms. The van der Waals surface area contributed by atoms with Gasteiger partial charge < -0.3 is 15.7 Å². The highest BCUT2D eigenvalue weighted by Crippen LogP contribution is 2.19. The Morgan fingerprint density at radius 2 is 2.05 bits per heavy atom. The van der Waals surface area contributed by atoms with Crippen LogP contribution in [-0.4, -0.2) is 29.6 Å². The smallest absolute Gasteiger partial charge is 0.313 e. The predicted molar refractivity (Wildman–Crippen MR) is 81.4 cm³/mol. The summed E-state index contributed by atoms with van der Waals surface area (Å²) in [6.07, 6.45) is 1.22. The maximum atomic E-state index is 11.7. The minimum atomic E-state index is -0.692. The first-order valence-corrected chi connectivity index (χ1v) is 7.22. The normalized spacial score (nSPS) is 11.8. The van der Waals surface area contributed by atoms with Crippen molar-refractivity contribution in [1.29, 1.82) is 0 Å². The molecule has 0 aromatic heterocycles. The third kappa shape index (κ3) is 5.30. The average Bonchev–Trinajstić information content (AvgIpc) is 2.40. The van der Waals surface area contributed by atoms with Crippen LogP contribution in [0.4, 0.5) is 5.69 Å². The SMILES string of the molecule is Cc1cc(NC(=O)C(=O)NC(C)CCCO)ccc1Br. The average molecular weight is 343 g/mol. The number of amides is 2. The first kappa shape index (κ1) is 16.7. The van der Waals surface area contributed by atoms with Crippen molar-refractivity contribution in [2.45, 2.75) is 32.7 Å². The fraction of sp³-hybridized carbons (Fsp3) is 0.429. The van der Waals surface area contributed by atoms with Crippen LogP contribution < -0.4 is 10.6 Å². The highest BCUT2D eigenvalue weighted by Gasteiger charge is 2.16. The zero-order valence-corrected chi connectivity index (χ0v) is 13.2. The Balaban J connectivity index is 2.53. The Bertz CT molecular complexity index is 491. The Morgan fingerprint density at radius 3 is 2.65 bits per heavy atom. The van der Waals surface area contributed by atoms with E-state index in [4.69, 9.17) is 5.11 Å². The van der Waals surface area contributed by atoms with Gasteiger partial charge in [-0.1, -0.05) is 15.9 Å². The first-order chi connectivity index (χ1) is 9.43. The number of rotatable bonds is 5. The minimum Gasteiger partial charge on any atom is -0.396 e. The molecule has 110 valence electrons. The highest BCUT2D eigenvalue weighted by atomic mass is 79.9. The lowest BCUT2D eigenvalue weighted by Crippen LogP contribution is -2.40. The summed E-state index contributed by atoms with van der Waals surface area (Å²) < 4.78 is 0.942. The molecule has 20 heavy (non-hydrogen) atoms. The van der Waals surface area contributed by atoms with Gasteiger partial charge in [0.15, 0.2) is 0 Å². The van der Waals surface area contributed by atoms with Crippen LogP contribution >= 0.6 is 15.9 Å². The predicted octanol–water partition coefficient (Wildman–Crippen LogP) is 1.97. The molecule has 1 aromatic rings. The zero-order valence-electron chi connectivity index (χ0n) is 11.6. The zero-order chi connectivity index (χ0) is 15.1. The van der Waals surface area contributed by atoms with Crippen molar-refractivity contribution in [3.8, 4) is 0 Å². The van der Waals surface area contributed by atoms with Crippen molar-refractivity contribution in [3.63, 3.8) is 0 Å². The molecule has 0 aliphatic carbocycles. The molecule has 0 saturated carbocycles.